The summed E-state index contributed by atoms with van der Waals surface area (Å²) in [5.74, 6) is -0.333. The Hall–Kier alpha value is -1.91. The molecule has 0 aliphatic carbocycles. The number of hydrogen-bond donors (Lipinski definition) is 0. The number of carbonyl (C=O) groups excluding carboxylic acids is 1. The molecule has 0 spiro atoms. The van der Waals surface area contributed by atoms with Crippen molar-refractivity contribution < 1.29 is 13.9 Å². The van der Waals surface area contributed by atoms with Crippen molar-refractivity contribution in [2.45, 2.75) is 19.6 Å². The SMILES string of the molecule is Cc1ccccc1C(=O)N1CC(OCc2ccc(F)cc2Cl)C1. The third kappa shape index (κ3) is 3.54. The molecule has 0 unspecified atom stereocenters. The molecule has 2 aromatic carbocycles. The number of ether oxygens (including phenoxy) is 1. The molecule has 1 aliphatic heterocycles. The first-order valence-electron chi connectivity index (χ1n) is 7.45. The molecule has 0 bridgehead atoms. The maximum absolute atomic E-state index is 13.0. The smallest absolute Gasteiger partial charge is 0.254 e. The van der Waals surface area contributed by atoms with Crippen molar-refractivity contribution in [2.75, 3.05) is 13.1 Å². The molecule has 1 heterocycles. The first kappa shape index (κ1) is 16.0. The Morgan fingerprint density at radius 3 is 2.74 bits per heavy atom. The number of halogens is 2. The topological polar surface area (TPSA) is 29.5 Å². The van der Waals surface area contributed by atoms with Crippen LogP contribution in [0, 0.1) is 12.7 Å². The average Bonchev–Trinajstić information content (AvgIpc) is 2.47. The molecule has 0 saturated carbocycles. The van der Waals surface area contributed by atoms with Gasteiger partial charge in [-0.25, -0.2) is 4.39 Å². The van der Waals surface area contributed by atoms with Gasteiger partial charge in [-0.1, -0.05) is 35.9 Å². The summed E-state index contributed by atoms with van der Waals surface area (Å²) in [6, 6.07) is 11.8. The minimum atomic E-state index is -0.364. The van der Waals surface area contributed by atoms with Gasteiger partial charge >= 0.3 is 0 Å². The minimum absolute atomic E-state index is 0.0101. The third-order valence-electron chi connectivity index (χ3n) is 4.00. The van der Waals surface area contributed by atoms with Gasteiger partial charge < -0.3 is 9.64 Å². The molecule has 5 heteroatoms. The third-order valence-corrected chi connectivity index (χ3v) is 4.35. The Labute approximate surface area is 139 Å². The Bertz CT molecular complexity index is 729. The second-order valence-electron chi connectivity index (χ2n) is 5.69. The van der Waals surface area contributed by atoms with Gasteiger partial charge in [-0.05, 0) is 36.2 Å². The summed E-state index contributed by atoms with van der Waals surface area (Å²) in [5, 5.41) is 0.358. The predicted octanol–water partition coefficient (Wildman–Crippen LogP) is 3.83. The van der Waals surface area contributed by atoms with Gasteiger partial charge in [0.25, 0.3) is 5.91 Å². The predicted molar refractivity (Wildman–Crippen MR) is 87.1 cm³/mol. The van der Waals surface area contributed by atoms with Crippen molar-refractivity contribution in [1.29, 1.82) is 0 Å². The van der Waals surface area contributed by atoms with E-state index in [1.807, 2.05) is 31.2 Å². The summed E-state index contributed by atoms with van der Waals surface area (Å²) >= 11 is 5.97. The molecule has 1 saturated heterocycles. The fourth-order valence-electron chi connectivity index (χ4n) is 2.54. The summed E-state index contributed by atoms with van der Waals surface area (Å²) in [6.45, 7) is 3.37. The fourth-order valence-corrected chi connectivity index (χ4v) is 2.76. The zero-order chi connectivity index (χ0) is 16.4. The first-order chi connectivity index (χ1) is 11.0. The molecule has 0 atom stereocenters. The van der Waals surface area contributed by atoms with E-state index in [0.717, 1.165) is 16.7 Å². The van der Waals surface area contributed by atoms with Gasteiger partial charge in [-0.3, -0.25) is 4.79 Å². The zero-order valence-electron chi connectivity index (χ0n) is 12.8. The molecule has 3 rings (SSSR count). The van der Waals surface area contributed by atoms with Crippen LogP contribution in [0.1, 0.15) is 21.5 Å². The lowest BCUT2D eigenvalue weighted by Crippen LogP contribution is -2.54. The number of likely N-dealkylation sites (tertiary alicyclic amines) is 1. The Morgan fingerprint density at radius 1 is 1.30 bits per heavy atom. The molecule has 1 aliphatic rings. The highest BCUT2D eigenvalue weighted by Crippen LogP contribution is 2.22. The van der Waals surface area contributed by atoms with E-state index in [1.54, 1.807) is 11.0 Å². The van der Waals surface area contributed by atoms with Crippen LogP contribution in [0.25, 0.3) is 0 Å². The van der Waals surface area contributed by atoms with Crippen molar-refractivity contribution in [3.05, 3.63) is 70.0 Å². The zero-order valence-corrected chi connectivity index (χ0v) is 13.5. The number of rotatable bonds is 4. The second kappa shape index (κ2) is 6.69. The van der Waals surface area contributed by atoms with E-state index in [0.29, 0.717) is 24.7 Å². The van der Waals surface area contributed by atoms with Gasteiger partial charge in [-0.15, -0.1) is 0 Å². The molecule has 2 aromatic rings. The van der Waals surface area contributed by atoms with Gasteiger partial charge in [0.1, 0.15) is 5.82 Å². The minimum Gasteiger partial charge on any atom is -0.370 e. The van der Waals surface area contributed by atoms with Crippen LogP contribution < -0.4 is 0 Å². The monoisotopic (exact) mass is 333 g/mol. The molecule has 120 valence electrons. The summed E-state index contributed by atoms with van der Waals surface area (Å²) in [7, 11) is 0. The number of amides is 1. The van der Waals surface area contributed by atoms with Crippen LogP contribution in [-0.4, -0.2) is 30.0 Å². The van der Waals surface area contributed by atoms with Gasteiger partial charge in [0.2, 0.25) is 0 Å². The summed E-state index contributed by atoms with van der Waals surface area (Å²) in [5.41, 5.74) is 2.45. The van der Waals surface area contributed by atoms with Crippen LogP contribution >= 0.6 is 11.6 Å². The summed E-state index contributed by atoms with van der Waals surface area (Å²) < 4.78 is 18.7. The lowest BCUT2D eigenvalue weighted by atomic mass is 10.0. The molecule has 23 heavy (non-hydrogen) atoms. The maximum atomic E-state index is 13.0. The summed E-state index contributed by atoms with van der Waals surface area (Å²) in [6.07, 6.45) is -0.0101. The summed E-state index contributed by atoms with van der Waals surface area (Å²) in [4.78, 5) is 14.1. The largest absolute Gasteiger partial charge is 0.370 e. The molecule has 0 radical (unpaired) electrons. The first-order valence-corrected chi connectivity index (χ1v) is 7.83. The quantitative estimate of drug-likeness (QED) is 0.851. The highest BCUT2D eigenvalue weighted by Gasteiger charge is 2.32. The number of hydrogen-bond acceptors (Lipinski definition) is 2. The number of aryl methyl sites for hydroxylation is 1. The maximum Gasteiger partial charge on any atom is 0.254 e. The van der Waals surface area contributed by atoms with Gasteiger partial charge in [-0.2, -0.15) is 0 Å². The Balaban J connectivity index is 1.51. The van der Waals surface area contributed by atoms with Crippen LogP contribution in [0.3, 0.4) is 0 Å². The lowest BCUT2D eigenvalue weighted by molar-refractivity contribution is -0.0503. The van der Waals surface area contributed by atoms with Crippen LogP contribution in [0.4, 0.5) is 4.39 Å². The molecule has 0 aromatic heterocycles. The van der Waals surface area contributed by atoms with E-state index < -0.39 is 0 Å². The van der Waals surface area contributed by atoms with E-state index in [9.17, 15) is 9.18 Å². The van der Waals surface area contributed by atoms with Crippen LogP contribution in [0.2, 0.25) is 5.02 Å². The highest BCUT2D eigenvalue weighted by atomic mass is 35.5. The van der Waals surface area contributed by atoms with E-state index in [1.165, 1.54) is 12.1 Å². The van der Waals surface area contributed by atoms with Gasteiger partial charge in [0.05, 0.1) is 12.7 Å². The van der Waals surface area contributed by atoms with Crippen molar-refractivity contribution in [2.24, 2.45) is 0 Å². The van der Waals surface area contributed by atoms with Gasteiger partial charge in [0, 0.05) is 23.7 Å². The molecule has 3 nitrogen and oxygen atoms in total. The van der Waals surface area contributed by atoms with E-state index >= 15 is 0 Å². The Kier molecular flexibility index (Phi) is 4.64. The second-order valence-corrected chi connectivity index (χ2v) is 6.10. The van der Waals surface area contributed by atoms with E-state index in [4.69, 9.17) is 16.3 Å². The van der Waals surface area contributed by atoms with Crippen molar-refractivity contribution in [3.8, 4) is 0 Å². The molecular weight excluding hydrogens is 317 g/mol. The van der Waals surface area contributed by atoms with E-state index in [2.05, 4.69) is 0 Å². The lowest BCUT2D eigenvalue weighted by Gasteiger charge is -2.39. The molecule has 1 amide bonds. The van der Waals surface area contributed by atoms with Crippen molar-refractivity contribution in [3.63, 3.8) is 0 Å². The molecular formula is C18H17ClFNO2. The molecule has 1 fully saturated rings. The highest BCUT2D eigenvalue weighted by molar-refractivity contribution is 6.31. The van der Waals surface area contributed by atoms with Crippen LogP contribution in [0.15, 0.2) is 42.5 Å². The van der Waals surface area contributed by atoms with Crippen LogP contribution in [0.5, 0.6) is 0 Å². The fraction of sp³-hybridized carbons (Fsp3) is 0.278. The van der Waals surface area contributed by atoms with Gasteiger partial charge in [0.15, 0.2) is 0 Å². The van der Waals surface area contributed by atoms with Crippen LogP contribution in [-0.2, 0) is 11.3 Å². The standard InChI is InChI=1S/C18H17ClFNO2/c1-12-4-2-3-5-16(12)18(22)21-9-15(10-21)23-11-13-6-7-14(20)8-17(13)19/h2-8,15H,9-11H2,1H3. The number of benzene rings is 2. The Morgan fingerprint density at radius 2 is 2.04 bits per heavy atom. The molecule has 0 N–H and O–H groups in total. The normalized spacial score (nSPS) is 14.7. The average molecular weight is 334 g/mol. The number of carbonyl (C=O) groups is 1. The van der Waals surface area contributed by atoms with E-state index in [-0.39, 0.29) is 17.8 Å². The van der Waals surface area contributed by atoms with Crippen molar-refractivity contribution >= 4 is 17.5 Å². The van der Waals surface area contributed by atoms with Crippen molar-refractivity contribution in [1.82, 2.24) is 4.90 Å². The number of nitrogens with zero attached hydrogens (tertiary/aromatic N) is 1.